The van der Waals surface area contributed by atoms with E-state index in [1.807, 2.05) is 19.1 Å². The van der Waals surface area contributed by atoms with Crippen LogP contribution in [-0.2, 0) is 23.2 Å². The summed E-state index contributed by atoms with van der Waals surface area (Å²) in [7, 11) is -2.15. The zero-order valence-corrected chi connectivity index (χ0v) is 12.8. The molecule has 5 nitrogen and oxygen atoms in total. The standard InChI is InChI=1S/C15H18N2O3S/c1-12-6-5-8-14(16-12)10-17(2)21(19,20)15-9-4-3-7-13(15)11-18/h3-9,18H,10-11H2,1-2H3. The number of pyridine rings is 1. The van der Waals surface area contributed by atoms with E-state index in [1.165, 1.54) is 17.4 Å². The molecule has 2 aromatic rings. The number of nitrogens with zero attached hydrogens (tertiary/aromatic N) is 2. The quantitative estimate of drug-likeness (QED) is 0.913. The van der Waals surface area contributed by atoms with Gasteiger partial charge in [-0.25, -0.2) is 8.42 Å². The summed E-state index contributed by atoms with van der Waals surface area (Å²) in [6.07, 6.45) is 0. The molecule has 1 aromatic carbocycles. The van der Waals surface area contributed by atoms with Gasteiger partial charge in [-0.05, 0) is 30.7 Å². The monoisotopic (exact) mass is 306 g/mol. The molecule has 0 spiro atoms. The SMILES string of the molecule is Cc1cccc(CN(C)S(=O)(=O)c2ccccc2CO)n1. The lowest BCUT2D eigenvalue weighted by Gasteiger charge is -2.18. The topological polar surface area (TPSA) is 70.5 Å². The van der Waals surface area contributed by atoms with Gasteiger partial charge in [-0.1, -0.05) is 24.3 Å². The molecule has 2 rings (SSSR count). The summed E-state index contributed by atoms with van der Waals surface area (Å²) >= 11 is 0. The average Bonchev–Trinajstić information content (AvgIpc) is 2.47. The maximum atomic E-state index is 12.6. The van der Waals surface area contributed by atoms with Crippen molar-refractivity contribution in [2.75, 3.05) is 7.05 Å². The Kier molecular flexibility index (Phi) is 4.72. The molecule has 0 aliphatic carbocycles. The van der Waals surface area contributed by atoms with Crippen molar-refractivity contribution in [2.24, 2.45) is 0 Å². The molecule has 0 saturated heterocycles. The lowest BCUT2D eigenvalue weighted by atomic mass is 10.2. The highest BCUT2D eigenvalue weighted by atomic mass is 32.2. The minimum atomic E-state index is -3.66. The largest absolute Gasteiger partial charge is 0.392 e. The minimum Gasteiger partial charge on any atom is -0.392 e. The first-order chi connectivity index (χ1) is 9.95. The van der Waals surface area contributed by atoms with Gasteiger partial charge < -0.3 is 5.11 Å². The second-order valence-electron chi connectivity index (χ2n) is 4.80. The molecule has 1 heterocycles. The van der Waals surface area contributed by atoms with E-state index in [9.17, 15) is 13.5 Å². The Morgan fingerprint density at radius 2 is 1.86 bits per heavy atom. The predicted octanol–water partition coefficient (Wildman–Crippen LogP) is 1.70. The van der Waals surface area contributed by atoms with Crippen LogP contribution < -0.4 is 0 Å². The highest BCUT2D eigenvalue weighted by molar-refractivity contribution is 7.89. The van der Waals surface area contributed by atoms with Crippen LogP contribution in [0.3, 0.4) is 0 Å². The van der Waals surface area contributed by atoms with Gasteiger partial charge in [0.2, 0.25) is 10.0 Å². The number of aliphatic hydroxyl groups is 1. The Balaban J connectivity index is 2.31. The number of aliphatic hydroxyl groups excluding tert-OH is 1. The first kappa shape index (κ1) is 15.6. The molecular formula is C15H18N2O3S. The highest BCUT2D eigenvalue weighted by Gasteiger charge is 2.23. The Hall–Kier alpha value is -1.76. The molecule has 0 atom stereocenters. The van der Waals surface area contributed by atoms with E-state index in [1.54, 1.807) is 24.3 Å². The van der Waals surface area contributed by atoms with Crippen molar-refractivity contribution in [3.8, 4) is 0 Å². The summed E-state index contributed by atoms with van der Waals surface area (Å²) in [5.74, 6) is 0. The molecular weight excluding hydrogens is 288 g/mol. The van der Waals surface area contributed by atoms with E-state index >= 15 is 0 Å². The molecule has 21 heavy (non-hydrogen) atoms. The van der Waals surface area contributed by atoms with E-state index in [-0.39, 0.29) is 18.0 Å². The number of sulfonamides is 1. The fourth-order valence-electron chi connectivity index (χ4n) is 2.05. The second kappa shape index (κ2) is 6.34. The van der Waals surface area contributed by atoms with Gasteiger partial charge in [0.15, 0.2) is 0 Å². The number of hydrogen-bond donors (Lipinski definition) is 1. The third-order valence-corrected chi connectivity index (χ3v) is 5.07. The molecule has 0 fully saturated rings. The Bertz CT molecular complexity index is 729. The maximum Gasteiger partial charge on any atom is 0.243 e. The van der Waals surface area contributed by atoms with Crippen molar-refractivity contribution in [1.29, 1.82) is 0 Å². The summed E-state index contributed by atoms with van der Waals surface area (Å²) in [6.45, 7) is 1.73. The van der Waals surface area contributed by atoms with Crippen molar-refractivity contribution in [1.82, 2.24) is 9.29 Å². The lowest BCUT2D eigenvalue weighted by molar-refractivity contribution is 0.278. The number of benzene rings is 1. The van der Waals surface area contributed by atoms with Crippen LogP contribution in [0.2, 0.25) is 0 Å². The van der Waals surface area contributed by atoms with Gasteiger partial charge in [-0.15, -0.1) is 0 Å². The van der Waals surface area contributed by atoms with Crippen molar-refractivity contribution in [2.45, 2.75) is 25.0 Å². The van der Waals surface area contributed by atoms with Gasteiger partial charge in [0, 0.05) is 12.7 Å². The molecule has 1 aromatic heterocycles. The van der Waals surface area contributed by atoms with Crippen LogP contribution in [-0.4, -0.2) is 29.9 Å². The van der Waals surface area contributed by atoms with Gasteiger partial charge >= 0.3 is 0 Å². The maximum absolute atomic E-state index is 12.6. The van der Waals surface area contributed by atoms with Gasteiger partial charge in [0.1, 0.15) is 0 Å². The van der Waals surface area contributed by atoms with Gasteiger partial charge in [0.25, 0.3) is 0 Å². The Morgan fingerprint density at radius 1 is 1.14 bits per heavy atom. The normalized spacial score (nSPS) is 11.8. The third kappa shape index (κ3) is 3.47. The average molecular weight is 306 g/mol. The second-order valence-corrected chi connectivity index (χ2v) is 6.81. The van der Waals surface area contributed by atoms with Gasteiger partial charge in [-0.3, -0.25) is 4.98 Å². The van der Waals surface area contributed by atoms with E-state index in [0.29, 0.717) is 11.3 Å². The van der Waals surface area contributed by atoms with Crippen molar-refractivity contribution < 1.29 is 13.5 Å². The van der Waals surface area contributed by atoms with Crippen LogP contribution in [0.4, 0.5) is 0 Å². The van der Waals surface area contributed by atoms with Crippen LogP contribution in [0.15, 0.2) is 47.4 Å². The van der Waals surface area contributed by atoms with Crippen LogP contribution in [0.1, 0.15) is 17.0 Å². The van der Waals surface area contributed by atoms with E-state index in [0.717, 1.165) is 5.69 Å². The molecule has 0 saturated carbocycles. The molecule has 0 bridgehead atoms. The highest BCUT2D eigenvalue weighted by Crippen LogP contribution is 2.20. The molecule has 0 aliphatic rings. The third-order valence-electron chi connectivity index (χ3n) is 3.16. The minimum absolute atomic E-state index is 0.127. The molecule has 0 amide bonds. The zero-order valence-electron chi connectivity index (χ0n) is 12.0. The van der Waals surface area contributed by atoms with E-state index in [4.69, 9.17) is 0 Å². The molecule has 0 aliphatic heterocycles. The van der Waals surface area contributed by atoms with E-state index in [2.05, 4.69) is 4.98 Å². The van der Waals surface area contributed by atoms with Crippen LogP contribution in [0.25, 0.3) is 0 Å². The lowest BCUT2D eigenvalue weighted by Crippen LogP contribution is -2.27. The number of aromatic nitrogens is 1. The Morgan fingerprint density at radius 3 is 2.52 bits per heavy atom. The molecule has 6 heteroatoms. The van der Waals surface area contributed by atoms with Crippen LogP contribution in [0.5, 0.6) is 0 Å². The molecule has 112 valence electrons. The number of aryl methyl sites for hydroxylation is 1. The summed E-state index contributed by atoms with van der Waals surface area (Å²) in [4.78, 5) is 4.43. The number of rotatable bonds is 5. The van der Waals surface area contributed by atoms with E-state index < -0.39 is 10.0 Å². The Labute approximate surface area is 124 Å². The van der Waals surface area contributed by atoms with Crippen LogP contribution >= 0.6 is 0 Å². The summed E-state index contributed by atoms with van der Waals surface area (Å²) in [5.41, 5.74) is 1.91. The van der Waals surface area contributed by atoms with Crippen LogP contribution in [0, 0.1) is 6.92 Å². The summed E-state index contributed by atoms with van der Waals surface area (Å²) < 4.78 is 26.4. The molecule has 0 unspecified atom stereocenters. The summed E-state index contributed by atoms with van der Waals surface area (Å²) in [6, 6.07) is 11.9. The zero-order chi connectivity index (χ0) is 15.5. The van der Waals surface area contributed by atoms with Crippen molar-refractivity contribution >= 4 is 10.0 Å². The first-order valence-electron chi connectivity index (χ1n) is 6.53. The molecule has 0 radical (unpaired) electrons. The number of hydrogen-bond acceptors (Lipinski definition) is 4. The first-order valence-corrected chi connectivity index (χ1v) is 7.97. The van der Waals surface area contributed by atoms with Gasteiger partial charge in [-0.2, -0.15) is 4.31 Å². The molecule has 1 N–H and O–H groups in total. The fraction of sp³-hybridized carbons (Fsp3) is 0.267. The van der Waals surface area contributed by atoms with Gasteiger partial charge in [0.05, 0.1) is 23.7 Å². The summed E-state index contributed by atoms with van der Waals surface area (Å²) in [5, 5.41) is 9.29. The smallest absolute Gasteiger partial charge is 0.243 e. The van der Waals surface area contributed by atoms with Crippen molar-refractivity contribution in [3.63, 3.8) is 0 Å². The fourth-order valence-corrected chi connectivity index (χ4v) is 3.41. The predicted molar refractivity (Wildman–Crippen MR) is 80.0 cm³/mol. The van der Waals surface area contributed by atoms with Crippen molar-refractivity contribution in [3.05, 3.63) is 59.4 Å².